The number of thioether (sulfide) groups is 1. The fourth-order valence-corrected chi connectivity index (χ4v) is 4.25. The highest BCUT2D eigenvalue weighted by atomic mass is 79.9. The molecule has 0 spiro atoms. The molecule has 0 saturated heterocycles. The van der Waals surface area contributed by atoms with Crippen LogP contribution >= 0.6 is 27.7 Å². The molecule has 0 unspecified atom stereocenters. The summed E-state index contributed by atoms with van der Waals surface area (Å²) >= 11 is 4.99. The van der Waals surface area contributed by atoms with Crippen molar-refractivity contribution in [2.75, 3.05) is 12.4 Å². The van der Waals surface area contributed by atoms with E-state index in [0.717, 1.165) is 14.9 Å². The van der Waals surface area contributed by atoms with Crippen LogP contribution < -0.4 is 4.74 Å². The smallest absolute Gasteiger partial charge is 0.341 e. The van der Waals surface area contributed by atoms with Crippen molar-refractivity contribution in [1.29, 1.82) is 0 Å². The number of aliphatic carboxylic acids is 1. The second kappa shape index (κ2) is 10.4. The highest BCUT2D eigenvalue weighted by Gasteiger charge is 2.09. The number of hydrogen-bond donors (Lipinski definition) is 1. The van der Waals surface area contributed by atoms with Gasteiger partial charge in [0.25, 0.3) is 0 Å². The fourth-order valence-electron chi connectivity index (χ4n) is 2.76. The van der Waals surface area contributed by atoms with Crippen LogP contribution in [0.3, 0.4) is 0 Å². The molecule has 1 N–H and O–H groups in total. The molecule has 0 saturated carbocycles. The van der Waals surface area contributed by atoms with Gasteiger partial charge in [0.15, 0.2) is 6.61 Å². The summed E-state index contributed by atoms with van der Waals surface area (Å²) in [5.41, 5.74) is 2.06. The van der Waals surface area contributed by atoms with Crippen LogP contribution in [0.25, 0.3) is 5.57 Å². The lowest BCUT2D eigenvalue weighted by Gasteiger charge is -2.10. The van der Waals surface area contributed by atoms with Gasteiger partial charge in [-0.1, -0.05) is 30.3 Å². The van der Waals surface area contributed by atoms with Crippen molar-refractivity contribution < 1.29 is 23.4 Å². The molecule has 0 aliphatic carbocycles. The average Bonchev–Trinajstić information content (AvgIpc) is 2.71. The molecule has 0 atom stereocenters. The van der Waals surface area contributed by atoms with Gasteiger partial charge in [0.05, 0.1) is 0 Å². The van der Waals surface area contributed by atoms with Gasteiger partial charge in [-0.15, -0.1) is 11.8 Å². The van der Waals surface area contributed by atoms with Crippen molar-refractivity contribution in [2.24, 2.45) is 0 Å². The van der Waals surface area contributed by atoms with E-state index in [2.05, 4.69) is 15.9 Å². The average molecular weight is 491 g/mol. The van der Waals surface area contributed by atoms with Crippen molar-refractivity contribution in [2.45, 2.75) is 4.90 Å². The van der Waals surface area contributed by atoms with E-state index in [1.165, 1.54) is 36.0 Å². The van der Waals surface area contributed by atoms with Gasteiger partial charge in [-0.05, 0) is 75.1 Å². The lowest BCUT2D eigenvalue weighted by Crippen LogP contribution is -2.09. The molecule has 3 nitrogen and oxygen atoms in total. The van der Waals surface area contributed by atoms with Gasteiger partial charge in [-0.25, -0.2) is 13.6 Å². The zero-order chi connectivity index (χ0) is 21.5. The first-order valence-electron chi connectivity index (χ1n) is 8.91. The second-order valence-electron chi connectivity index (χ2n) is 6.22. The van der Waals surface area contributed by atoms with Gasteiger partial charge in [0.1, 0.15) is 17.4 Å². The molecule has 3 aromatic rings. The zero-order valence-electron chi connectivity index (χ0n) is 15.6. The zero-order valence-corrected chi connectivity index (χ0v) is 18.1. The van der Waals surface area contributed by atoms with E-state index in [4.69, 9.17) is 9.84 Å². The first kappa shape index (κ1) is 22.1. The third-order valence-corrected chi connectivity index (χ3v) is 5.98. The Bertz CT molecular complexity index is 1040. The second-order valence-corrected chi connectivity index (χ2v) is 8.14. The molecule has 0 fully saturated rings. The molecule has 0 aliphatic rings. The number of halogens is 3. The van der Waals surface area contributed by atoms with Gasteiger partial charge in [-0.3, -0.25) is 0 Å². The molecule has 0 bridgehead atoms. The van der Waals surface area contributed by atoms with E-state index in [9.17, 15) is 13.6 Å². The Morgan fingerprint density at radius 1 is 1.00 bits per heavy atom. The number of carboxylic acids is 1. The summed E-state index contributed by atoms with van der Waals surface area (Å²) in [6.07, 6.45) is 1.93. The number of rotatable bonds is 8. The van der Waals surface area contributed by atoms with Crippen molar-refractivity contribution in [1.82, 2.24) is 0 Å². The third-order valence-electron chi connectivity index (χ3n) is 4.06. The third kappa shape index (κ3) is 6.18. The summed E-state index contributed by atoms with van der Waals surface area (Å²) in [4.78, 5) is 11.5. The van der Waals surface area contributed by atoms with E-state index in [-0.39, 0.29) is 11.6 Å². The van der Waals surface area contributed by atoms with Crippen molar-refractivity contribution in [3.05, 3.63) is 100 Å². The van der Waals surface area contributed by atoms with Gasteiger partial charge < -0.3 is 9.84 Å². The Kier molecular flexibility index (Phi) is 7.65. The standard InChI is InChI=1S/C23H17BrF2O3S/c24-21-13-19(29-14-23(27)28)7-8-22(21)30-10-9-20(15-3-1-5-17(25)11-15)16-4-2-6-18(26)12-16/h1-9,11-13H,10,14H2,(H,27,28). The maximum atomic E-state index is 13.8. The van der Waals surface area contributed by atoms with Gasteiger partial charge in [-0.2, -0.15) is 0 Å². The Morgan fingerprint density at radius 2 is 1.63 bits per heavy atom. The monoisotopic (exact) mass is 490 g/mol. The van der Waals surface area contributed by atoms with Crippen LogP contribution in [-0.4, -0.2) is 23.4 Å². The van der Waals surface area contributed by atoms with Gasteiger partial charge in [0.2, 0.25) is 0 Å². The van der Waals surface area contributed by atoms with Gasteiger partial charge in [0, 0.05) is 15.1 Å². The summed E-state index contributed by atoms with van der Waals surface area (Å²) in [6, 6.07) is 17.6. The molecule has 154 valence electrons. The molecule has 30 heavy (non-hydrogen) atoms. The SMILES string of the molecule is O=C(O)COc1ccc(SCC=C(c2cccc(F)c2)c2cccc(F)c2)c(Br)c1. The summed E-state index contributed by atoms with van der Waals surface area (Å²) in [6.45, 7) is -0.410. The molecule has 7 heteroatoms. The molecule has 0 aromatic heterocycles. The Hall–Kier alpha value is -2.64. The number of carboxylic acid groups (broad SMARTS) is 1. The van der Waals surface area contributed by atoms with Crippen LogP contribution in [0.2, 0.25) is 0 Å². The van der Waals surface area contributed by atoms with E-state index >= 15 is 0 Å². The minimum absolute atomic E-state index is 0.359. The van der Waals surface area contributed by atoms with E-state index in [1.807, 2.05) is 12.1 Å². The van der Waals surface area contributed by atoms with Crippen molar-refractivity contribution >= 4 is 39.2 Å². The predicted molar refractivity (Wildman–Crippen MR) is 118 cm³/mol. The van der Waals surface area contributed by atoms with Gasteiger partial charge >= 0.3 is 5.97 Å². The van der Waals surface area contributed by atoms with Crippen molar-refractivity contribution in [3.63, 3.8) is 0 Å². The minimum Gasteiger partial charge on any atom is -0.482 e. The topological polar surface area (TPSA) is 46.5 Å². The maximum absolute atomic E-state index is 13.8. The Balaban J connectivity index is 1.80. The predicted octanol–water partition coefficient (Wildman–Crippen LogP) is 6.41. The first-order valence-corrected chi connectivity index (χ1v) is 10.7. The molecular weight excluding hydrogens is 474 g/mol. The highest BCUT2D eigenvalue weighted by Crippen LogP contribution is 2.32. The molecule has 3 aromatic carbocycles. The largest absolute Gasteiger partial charge is 0.482 e. The number of ether oxygens (including phenoxy) is 1. The summed E-state index contributed by atoms with van der Waals surface area (Å²) in [5, 5.41) is 8.69. The van der Waals surface area contributed by atoms with Crippen LogP contribution in [0, 0.1) is 11.6 Å². The van der Waals surface area contributed by atoms with Crippen LogP contribution in [0.1, 0.15) is 11.1 Å². The lowest BCUT2D eigenvalue weighted by molar-refractivity contribution is -0.139. The lowest BCUT2D eigenvalue weighted by atomic mass is 9.97. The summed E-state index contributed by atoms with van der Waals surface area (Å²) < 4.78 is 33.4. The molecule has 3 rings (SSSR count). The first-order chi connectivity index (χ1) is 14.4. The number of hydrogen-bond acceptors (Lipinski definition) is 3. The number of benzene rings is 3. The molecule has 0 amide bonds. The fraction of sp³-hybridized carbons (Fsp3) is 0.0870. The molecule has 0 heterocycles. The van der Waals surface area contributed by atoms with Crippen LogP contribution in [0.15, 0.2) is 82.2 Å². The minimum atomic E-state index is -1.04. The molecular formula is C23H17BrF2O3S. The maximum Gasteiger partial charge on any atom is 0.341 e. The summed E-state index contributed by atoms with van der Waals surface area (Å²) in [5.74, 6) is -0.762. The van der Waals surface area contributed by atoms with Crippen LogP contribution in [-0.2, 0) is 4.79 Å². The van der Waals surface area contributed by atoms with Crippen LogP contribution in [0.4, 0.5) is 8.78 Å². The quantitative estimate of drug-likeness (QED) is 0.370. The molecule has 0 aliphatic heterocycles. The van der Waals surface area contributed by atoms with E-state index in [1.54, 1.807) is 36.4 Å². The normalized spacial score (nSPS) is 10.5. The summed E-state index contributed by atoms with van der Waals surface area (Å²) in [7, 11) is 0. The van der Waals surface area contributed by atoms with Crippen molar-refractivity contribution in [3.8, 4) is 5.75 Å². The Morgan fingerprint density at radius 3 is 2.17 bits per heavy atom. The highest BCUT2D eigenvalue weighted by molar-refractivity contribution is 9.10. The number of carbonyl (C=O) groups is 1. The molecule has 0 radical (unpaired) electrons. The van der Waals surface area contributed by atoms with E-state index in [0.29, 0.717) is 22.6 Å². The van der Waals surface area contributed by atoms with Crippen LogP contribution in [0.5, 0.6) is 5.75 Å². The Labute approximate surface area is 185 Å². The van der Waals surface area contributed by atoms with E-state index < -0.39 is 12.6 Å².